The van der Waals surface area contributed by atoms with Crippen LogP contribution in [0.25, 0.3) is 5.65 Å². The Labute approximate surface area is 136 Å². The Morgan fingerprint density at radius 1 is 1.17 bits per heavy atom. The molecule has 1 saturated heterocycles. The van der Waals surface area contributed by atoms with Gasteiger partial charge >= 0.3 is 0 Å². The van der Waals surface area contributed by atoms with Crippen LogP contribution in [0, 0.1) is 5.82 Å². The molecule has 0 N–H and O–H groups in total. The van der Waals surface area contributed by atoms with Gasteiger partial charge < -0.3 is 4.90 Å². The lowest BCUT2D eigenvalue weighted by molar-refractivity contribution is 0.149. The maximum atomic E-state index is 13.7. The molecule has 24 heavy (non-hydrogen) atoms. The SMILES string of the molecule is Fc1ccc(C(F)F)c([C@H]2CCCN2c2ccn3nccc3n2)c1. The van der Waals surface area contributed by atoms with Gasteiger partial charge in [0.25, 0.3) is 6.43 Å². The highest BCUT2D eigenvalue weighted by Gasteiger charge is 2.31. The number of hydrogen-bond acceptors (Lipinski definition) is 3. The molecule has 0 amide bonds. The van der Waals surface area contributed by atoms with Crippen LogP contribution in [0.1, 0.15) is 36.4 Å². The first-order valence-electron chi connectivity index (χ1n) is 7.78. The second kappa shape index (κ2) is 5.81. The summed E-state index contributed by atoms with van der Waals surface area (Å²) in [5, 5.41) is 4.10. The normalized spacial score (nSPS) is 18.0. The molecule has 4 rings (SSSR count). The lowest BCUT2D eigenvalue weighted by atomic mass is 9.98. The van der Waals surface area contributed by atoms with E-state index in [1.54, 1.807) is 29.0 Å². The number of hydrogen-bond donors (Lipinski definition) is 0. The number of anilines is 1. The minimum Gasteiger partial charge on any atom is -0.349 e. The first-order chi connectivity index (χ1) is 11.6. The maximum absolute atomic E-state index is 13.7. The number of halogens is 3. The highest BCUT2D eigenvalue weighted by Crippen LogP contribution is 2.39. The zero-order valence-corrected chi connectivity index (χ0v) is 12.7. The fraction of sp³-hybridized carbons (Fsp3) is 0.294. The second-order valence-electron chi connectivity index (χ2n) is 5.85. The Morgan fingerprint density at radius 3 is 2.88 bits per heavy atom. The molecule has 1 fully saturated rings. The molecular formula is C17H15F3N4. The van der Waals surface area contributed by atoms with Crippen LogP contribution in [0.15, 0.2) is 42.7 Å². The number of aromatic nitrogens is 3. The van der Waals surface area contributed by atoms with Crippen molar-refractivity contribution < 1.29 is 13.2 Å². The van der Waals surface area contributed by atoms with Gasteiger partial charge in [-0.05, 0) is 36.6 Å². The summed E-state index contributed by atoms with van der Waals surface area (Å²) in [5.41, 5.74) is 0.919. The van der Waals surface area contributed by atoms with Crippen LogP contribution < -0.4 is 4.90 Å². The molecular weight excluding hydrogens is 317 g/mol. The minimum atomic E-state index is -2.63. The van der Waals surface area contributed by atoms with E-state index in [9.17, 15) is 13.2 Å². The molecule has 1 aromatic carbocycles. The summed E-state index contributed by atoms with van der Waals surface area (Å²) in [7, 11) is 0. The molecule has 0 unspecified atom stereocenters. The van der Waals surface area contributed by atoms with Crippen LogP contribution in [-0.2, 0) is 0 Å². The van der Waals surface area contributed by atoms with Gasteiger partial charge in [0.1, 0.15) is 11.6 Å². The Bertz CT molecular complexity index is 877. The zero-order valence-electron chi connectivity index (χ0n) is 12.7. The lowest BCUT2D eigenvalue weighted by Crippen LogP contribution is -2.24. The van der Waals surface area contributed by atoms with Gasteiger partial charge in [0, 0.05) is 24.4 Å². The smallest absolute Gasteiger partial charge is 0.264 e. The molecule has 0 aliphatic carbocycles. The molecule has 1 aliphatic heterocycles. The van der Waals surface area contributed by atoms with Gasteiger partial charge in [0.2, 0.25) is 0 Å². The van der Waals surface area contributed by atoms with Gasteiger partial charge in [-0.3, -0.25) is 0 Å². The average Bonchev–Trinajstić information content (AvgIpc) is 3.22. The third kappa shape index (κ3) is 2.50. The van der Waals surface area contributed by atoms with Crippen molar-refractivity contribution in [1.82, 2.24) is 14.6 Å². The van der Waals surface area contributed by atoms with Crippen LogP contribution in [0.5, 0.6) is 0 Å². The molecule has 124 valence electrons. The molecule has 7 heteroatoms. The van der Waals surface area contributed by atoms with Gasteiger partial charge in [0.05, 0.1) is 12.2 Å². The van der Waals surface area contributed by atoms with Crippen LogP contribution in [0.3, 0.4) is 0 Å². The highest BCUT2D eigenvalue weighted by atomic mass is 19.3. The van der Waals surface area contributed by atoms with Gasteiger partial charge in [-0.25, -0.2) is 22.7 Å². The summed E-state index contributed by atoms with van der Waals surface area (Å²) in [6.45, 7) is 0.696. The summed E-state index contributed by atoms with van der Waals surface area (Å²) in [6, 6.07) is 6.77. The molecule has 3 heterocycles. The van der Waals surface area contributed by atoms with Gasteiger partial charge in [0.15, 0.2) is 5.65 Å². The third-order valence-electron chi connectivity index (χ3n) is 4.43. The molecule has 0 spiro atoms. The Balaban J connectivity index is 1.76. The zero-order chi connectivity index (χ0) is 16.7. The van der Waals surface area contributed by atoms with Crippen molar-refractivity contribution in [2.75, 3.05) is 11.4 Å². The van der Waals surface area contributed by atoms with Crippen molar-refractivity contribution in [3.8, 4) is 0 Å². The number of nitrogens with zero attached hydrogens (tertiary/aromatic N) is 4. The standard InChI is InChI=1S/C17H15F3N4/c18-11-3-4-12(17(19)20)13(10-11)14-2-1-8-23(14)15-6-9-24-16(22-15)5-7-21-24/h3-7,9-10,14,17H,1-2,8H2/t14-/m1/s1. The van der Waals surface area contributed by atoms with Crippen LogP contribution in [-0.4, -0.2) is 21.1 Å². The summed E-state index contributed by atoms with van der Waals surface area (Å²) >= 11 is 0. The summed E-state index contributed by atoms with van der Waals surface area (Å²) < 4.78 is 42.0. The largest absolute Gasteiger partial charge is 0.349 e. The Kier molecular flexibility index (Phi) is 3.63. The van der Waals surface area contributed by atoms with E-state index in [1.807, 2.05) is 4.90 Å². The van der Waals surface area contributed by atoms with Crippen molar-refractivity contribution in [3.63, 3.8) is 0 Å². The Morgan fingerprint density at radius 2 is 2.04 bits per heavy atom. The van der Waals surface area contributed by atoms with Gasteiger partial charge in [-0.15, -0.1) is 0 Å². The van der Waals surface area contributed by atoms with E-state index in [0.29, 0.717) is 30.0 Å². The molecule has 4 nitrogen and oxygen atoms in total. The summed E-state index contributed by atoms with van der Waals surface area (Å²) in [6.07, 6.45) is 2.33. The molecule has 1 atom stereocenters. The van der Waals surface area contributed by atoms with Gasteiger partial charge in [-0.1, -0.05) is 6.07 Å². The van der Waals surface area contributed by atoms with E-state index in [1.165, 1.54) is 12.1 Å². The van der Waals surface area contributed by atoms with E-state index < -0.39 is 12.2 Å². The molecule has 0 saturated carbocycles. The molecule has 1 aliphatic rings. The fourth-order valence-electron chi connectivity index (χ4n) is 3.36. The number of rotatable bonds is 3. The quantitative estimate of drug-likeness (QED) is 0.722. The van der Waals surface area contributed by atoms with Crippen molar-refractivity contribution in [2.24, 2.45) is 0 Å². The average molecular weight is 332 g/mol. The van der Waals surface area contributed by atoms with Crippen molar-refractivity contribution >= 4 is 11.5 Å². The van der Waals surface area contributed by atoms with Crippen LogP contribution in [0.2, 0.25) is 0 Å². The molecule has 3 aromatic rings. The van der Waals surface area contributed by atoms with Crippen molar-refractivity contribution in [1.29, 1.82) is 0 Å². The molecule has 0 bridgehead atoms. The number of alkyl halides is 2. The minimum absolute atomic E-state index is 0.112. The van der Waals surface area contributed by atoms with E-state index >= 15 is 0 Å². The predicted octanol–water partition coefficient (Wildman–Crippen LogP) is 4.15. The van der Waals surface area contributed by atoms with Crippen molar-refractivity contribution in [3.05, 3.63) is 59.7 Å². The Hall–Kier alpha value is -2.57. The van der Waals surface area contributed by atoms with Crippen molar-refractivity contribution in [2.45, 2.75) is 25.3 Å². The maximum Gasteiger partial charge on any atom is 0.264 e. The van der Waals surface area contributed by atoms with Crippen LogP contribution in [0.4, 0.5) is 19.0 Å². The predicted molar refractivity (Wildman–Crippen MR) is 83.7 cm³/mol. The lowest BCUT2D eigenvalue weighted by Gasteiger charge is -2.27. The highest BCUT2D eigenvalue weighted by molar-refractivity contribution is 5.51. The first-order valence-corrected chi connectivity index (χ1v) is 7.78. The first kappa shape index (κ1) is 15.0. The number of benzene rings is 1. The fourth-order valence-corrected chi connectivity index (χ4v) is 3.36. The summed E-state index contributed by atoms with van der Waals surface area (Å²) in [4.78, 5) is 6.50. The van der Waals surface area contributed by atoms with E-state index in [0.717, 1.165) is 12.5 Å². The summed E-state index contributed by atoms with van der Waals surface area (Å²) in [5.74, 6) is 0.190. The van der Waals surface area contributed by atoms with Crippen LogP contribution >= 0.6 is 0 Å². The van der Waals surface area contributed by atoms with Gasteiger partial charge in [-0.2, -0.15) is 5.10 Å². The number of fused-ring (bicyclic) bond motifs is 1. The third-order valence-corrected chi connectivity index (χ3v) is 4.43. The second-order valence-corrected chi connectivity index (χ2v) is 5.85. The monoisotopic (exact) mass is 332 g/mol. The molecule has 2 aromatic heterocycles. The molecule has 0 radical (unpaired) electrons. The topological polar surface area (TPSA) is 33.4 Å². The van der Waals surface area contributed by atoms with E-state index in [4.69, 9.17) is 0 Å². The van der Waals surface area contributed by atoms with E-state index in [2.05, 4.69) is 10.1 Å². The van der Waals surface area contributed by atoms with E-state index in [-0.39, 0.29) is 11.6 Å².